The predicted molar refractivity (Wildman–Crippen MR) is 86.9 cm³/mol. The van der Waals surface area contributed by atoms with Crippen molar-refractivity contribution < 1.29 is 4.39 Å². The zero-order valence-electron chi connectivity index (χ0n) is 13.6. The topological polar surface area (TPSA) is 15.3 Å². The van der Waals surface area contributed by atoms with Gasteiger partial charge in [0.25, 0.3) is 0 Å². The van der Waals surface area contributed by atoms with E-state index in [4.69, 9.17) is 0 Å². The smallest absolute Gasteiger partial charge is 0.123 e. The largest absolute Gasteiger partial charge is 0.316 e. The molecule has 2 rings (SSSR count). The molecule has 0 spiro atoms. The third kappa shape index (κ3) is 4.52. The molecule has 0 aromatic heterocycles. The van der Waals surface area contributed by atoms with E-state index < -0.39 is 0 Å². The fraction of sp³-hybridized carbons (Fsp3) is 0.667. The third-order valence-corrected chi connectivity index (χ3v) is 4.55. The molecule has 0 aliphatic carbocycles. The molecule has 1 saturated heterocycles. The lowest BCUT2D eigenvalue weighted by Crippen LogP contribution is -2.42. The molecule has 1 aliphatic rings. The Labute approximate surface area is 128 Å². The van der Waals surface area contributed by atoms with Gasteiger partial charge in [0.1, 0.15) is 5.82 Å². The SMILES string of the molecule is CCC(c1cccc(F)c1)N(CC1CCCNC1)C(C)C. The molecular formula is C18H29FN2. The molecule has 0 radical (unpaired) electrons. The molecule has 2 atom stereocenters. The van der Waals surface area contributed by atoms with E-state index in [1.54, 1.807) is 6.07 Å². The quantitative estimate of drug-likeness (QED) is 0.853. The highest BCUT2D eigenvalue weighted by molar-refractivity contribution is 5.20. The zero-order chi connectivity index (χ0) is 15.2. The van der Waals surface area contributed by atoms with Gasteiger partial charge in [-0.15, -0.1) is 0 Å². The lowest BCUT2D eigenvalue weighted by Gasteiger charge is -2.38. The van der Waals surface area contributed by atoms with Gasteiger partial charge in [-0.3, -0.25) is 4.90 Å². The van der Waals surface area contributed by atoms with Gasteiger partial charge in [-0.1, -0.05) is 19.1 Å². The van der Waals surface area contributed by atoms with Crippen LogP contribution >= 0.6 is 0 Å². The summed E-state index contributed by atoms with van der Waals surface area (Å²) in [5.74, 6) is 0.581. The molecule has 1 N–H and O–H groups in total. The normalized spacial score (nSPS) is 21.0. The van der Waals surface area contributed by atoms with Gasteiger partial charge >= 0.3 is 0 Å². The molecule has 1 aromatic rings. The fourth-order valence-electron chi connectivity index (χ4n) is 3.45. The van der Waals surface area contributed by atoms with Crippen molar-refractivity contribution in [1.82, 2.24) is 10.2 Å². The Morgan fingerprint density at radius 1 is 1.38 bits per heavy atom. The van der Waals surface area contributed by atoms with E-state index in [9.17, 15) is 4.39 Å². The van der Waals surface area contributed by atoms with Crippen molar-refractivity contribution in [3.05, 3.63) is 35.6 Å². The number of piperidine rings is 1. The standard InChI is InChI=1S/C18H29FN2/c1-4-18(16-8-5-9-17(19)11-16)21(14(2)3)13-15-7-6-10-20-12-15/h5,8-9,11,14-15,18,20H,4,6-7,10,12-13H2,1-3H3. The number of hydrogen-bond donors (Lipinski definition) is 1. The minimum Gasteiger partial charge on any atom is -0.316 e. The van der Waals surface area contributed by atoms with Crippen LogP contribution in [0.1, 0.15) is 51.6 Å². The Kier molecular flexibility index (Phi) is 6.19. The lowest BCUT2D eigenvalue weighted by atomic mass is 9.95. The van der Waals surface area contributed by atoms with Crippen LogP contribution in [-0.2, 0) is 0 Å². The molecule has 1 aromatic carbocycles. The number of hydrogen-bond acceptors (Lipinski definition) is 2. The lowest BCUT2D eigenvalue weighted by molar-refractivity contribution is 0.114. The Morgan fingerprint density at radius 3 is 2.76 bits per heavy atom. The monoisotopic (exact) mass is 292 g/mol. The molecule has 2 nitrogen and oxygen atoms in total. The van der Waals surface area contributed by atoms with Crippen LogP contribution in [0.2, 0.25) is 0 Å². The van der Waals surface area contributed by atoms with Crippen molar-refractivity contribution in [3.8, 4) is 0 Å². The van der Waals surface area contributed by atoms with Gasteiger partial charge in [-0.05, 0) is 69.8 Å². The number of nitrogens with one attached hydrogen (secondary N) is 1. The second-order valence-electron chi connectivity index (χ2n) is 6.48. The maximum Gasteiger partial charge on any atom is 0.123 e. The maximum atomic E-state index is 13.6. The third-order valence-electron chi connectivity index (χ3n) is 4.55. The average molecular weight is 292 g/mol. The molecule has 1 heterocycles. The summed E-state index contributed by atoms with van der Waals surface area (Å²) in [5, 5.41) is 3.50. The van der Waals surface area contributed by atoms with Gasteiger partial charge < -0.3 is 5.32 Å². The van der Waals surface area contributed by atoms with E-state index in [-0.39, 0.29) is 5.82 Å². The Hall–Kier alpha value is -0.930. The van der Waals surface area contributed by atoms with Crippen LogP contribution in [0.5, 0.6) is 0 Å². The first-order chi connectivity index (χ1) is 10.1. The van der Waals surface area contributed by atoms with E-state index in [1.165, 1.54) is 18.9 Å². The summed E-state index contributed by atoms with van der Waals surface area (Å²) in [7, 11) is 0. The summed E-state index contributed by atoms with van der Waals surface area (Å²) >= 11 is 0. The van der Waals surface area contributed by atoms with Crippen molar-refractivity contribution in [2.75, 3.05) is 19.6 Å². The molecule has 0 bridgehead atoms. The Balaban J connectivity index is 2.13. The van der Waals surface area contributed by atoms with E-state index in [2.05, 4.69) is 37.1 Å². The van der Waals surface area contributed by atoms with Crippen molar-refractivity contribution >= 4 is 0 Å². The van der Waals surface area contributed by atoms with Crippen LogP contribution in [0.15, 0.2) is 24.3 Å². The summed E-state index contributed by atoms with van der Waals surface area (Å²) in [5.41, 5.74) is 1.11. The highest BCUT2D eigenvalue weighted by Gasteiger charge is 2.25. The van der Waals surface area contributed by atoms with Crippen molar-refractivity contribution in [2.24, 2.45) is 5.92 Å². The number of halogens is 1. The van der Waals surface area contributed by atoms with E-state index in [0.717, 1.165) is 31.6 Å². The first kappa shape index (κ1) is 16.4. The average Bonchev–Trinajstić information content (AvgIpc) is 2.48. The van der Waals surface area contributed by atoms with E-state index in [0.29, 0.717) is 18.0 Å². The van der Waals surface area contributed by atoms with Crippen LogP contribution in [-0.4, -0.2) is 30.6 Å². The number of benzene rings is 1. The number of rotatable bonds is 6. The second-order valence-corrected chi connectivity index (χ2v) is 6.48. The molecule has 0 amide bonds. The second kappa shape index (κ2) is 7.90. The highest BCUT2D eigenvalue weighted by atomic mass is 19.1. The van der Waals surface area contributed by atoms with E-state index >= 15 is 0 Å². The van der Waals surface area contributed by atoms with E-state index in [1.807, 2.05) is 6.07 Å². The van der Waals surface area contributed by atoms with Crippen molar-refractivity contribution in [2.45, 2.75) is 52.1 Å². The predicted octanol–water partition coefficient (Wildman–Crippen LogP) is 3.99. The van der Waals surface area contributed by atoms with Crippen molar-refractivity contribution in [3.63, 3.8) is 0 Å². The first-order valence-electron chi connectivity index (χ1n) is 8.33. The summed E-state index contributed by atoms with van der Waals surface area (Å²) in [6.07, 6.45) is 3.59. The van der Waals surface area contributed by atoms with Gasteiger partial charge in [0.2, 0.25) is 0 Å². The summed E-state index contributed by atoms with van der Waals surface area (Å²) in [4.78, 5) is 2.55. The molecular weight excluding hydrogens is 263 g/mol. The van der Waals surface area contributed by atoms with Crippen molar-refractivity contribution in [1.29, 1.82) is 0 Å². The molecule has 118 valence electrons. The van der Waals surface area contributed by atoms with Gasteiger partial charge in [0, 0.05) is 18.6 Å². The van der Waals surface area contributed by atoms with Gasteiger partial charge in [0.15, 0.2) is 0 Å². The molecule has 1 fully saturated rings. The number of nitrogens with zero attached hydrogens (tertiary/aromatic N) is 1. The first-order valence-corrected chi connectivity index (χ1v) is 8.33. The zero-order valence-corrected chi connectivity index (χ0v) is 13.6. The van der Waals surface area contributed by atoms with Crippen LogP contribution < -0.4 is 5.32 Å². The van der Waals surface area contributed by atoms with Crippen LogP contribution in [0.3, 0.4) is 0 Å². The maximum absolute atomic E-state index is 13.6. The fourth-order valence-corrected chi connectivity index (χ4v) is 3.45. The molecule has 2 unspecified atom stereocenters. The molecule has 0 saturated carbocycles. The summed E-state index contributed by atoms with van der Waals surface area (Å²) in [6.45, 7) is 10.1. The summed E-state index contributed by atoms with van der Waals surface area (Å²) in [6, 6.07) is 7.89. The van der Waals surface area contributed by atoms with Gasteiger partial charge in [0.05, 0.1) is 0 Å². The minimum absolute atomic E-state index is 0.131. The molecule has 3 heteroatoms. The van der Waals surface area contributed by atoms with Crippen LogP contribution in [0, 0.1) is 11.7 Å². The van der Waals surface area contributed by atoms with Crippen LogP contribution in [0.25, 0.3) is 0 Å². The van der Waals surface area contributed by atoms with Gasteiger partial charge in [-0.2, -0.15) is 0 Å². The Morgan fingerprint density at radius 2 is 2.19 bits per heavy atom. The highest BCUT2D eigenvalue weighted by Crippen LogP contribution is 2.28. The molecule has 21 heavy (non-hydrogen) atoms. The summed E-state index contributed by atoms with van der Waals surface area (Å²) < 4.78 is 13.6. The Bertz CT molecular complexity index is 427. The van der Waals surface area contributed by atoms with Crippen LogP contribution in [0.4, 0.5) is 4.39 Å². The van der Waals surface area contributed by atoms with Gasteiger partial charge in [-0.25, -0.2) is 4.39 Å². The molecule has 1 aliphatic heterocycles. The minimum atomic E-state index is -0.131.